The van der Waals surface area contributed by atoms with E-state index < -0.39 is 0 Å². The van der Waals surface area contributed by atoms with Gasteiger partial charge >= 0.3 is 0 Å². The molecule has 0 saturated carbocycles. The van der Waals surface area contributed by atoms with Crippen LogP contribution in [0.1, 0.15) is 50.3 Å². The van der Waals surface area contributed by atoms with Gasteiger partial charge in [-0.15, -0.1) is 6.42 Å². The van der Waals surface area contributed by atoms with Crippen molar-refractivity contribution in [2.75, 3.05) is 0 Å². The summed E-state index contributed by atoms with van der Waals surface area (Å²) in [5, 5.41) is 0. The van der Waals surface area contributed by atoms with Crippen LogP contribution in [0.2, 0.25) is 0 Å². The Hall–Kier alpha value is -3.30. The van der Waals surface area contributed by atoms with Crippen LogP contribution in [-0.4, -0.2) is 0 Å². The summed E-state index contributed by atoms with van der Waals surface area (Å²) in [6.45, 7) is 4.51. The molecule has 30 heavy (non-hydrogen) atoms. The normalized spacial score (nSPS) is 12.8. The number of hydrogen-bond acceptors (Lipinski definition) is 0. The molecule has 0 heteroatoms. The SMILES string of the molecule is C.C#C/C=C\C=C(/C)C(c1ccccc1)C(CC)(c1ccccc1)c1ccccc1. The fourth-order valence-electron chi connectivity index (χ4n) is 4.52. The van der Waals surface area contributed by atoms with Gasteiger partial charge in [-0.25, -0.2) is 0 Å². The summed E-state index contributed by atoms with van der Waals surface area (Å²) in [7, 11) is 0. The summed E-state index contributed by atoms with van der Waals surface area (Å²) < 4.78 is 0. The van der Waals surface area contributed by atoms with Crippen LogP contribution in [-0.2, 0) is 5.41 Å². The second-order valence-electron chi connectivity index (χ2n) is 7.34. The van der Waals surface area contributed by atoms with Crippen LogP contribution >= 0.6 is 0 Å². The lowest BCUT2D eigenvalue weighted by atomic mass is 9.60. The average molecular weight is 393 g/mol. The molecule has 3 rings (SSSR count). The summed E-state index contributed by atoms with van der Waals surface area (Å²) >= 11 is 0. The molecule has 0 saturated heterocycles. The van der Waals surface area contributed by atoms with Gasteiger partial charge < -0.3 is 0 Å². The van der Waals surface area contributed by atoms with Crippen LogP contribution in [0.5, 0.6) is 0 Å². The van der Waals surface area contributed by atoms with Crippen LogP contribution in [0.15, 0.2) is 115 Å². The molecule has 0 bridgehead atoms. The van der Waals surface area contributed by atoms with Gasteiger partial charge in [0.2, 0.25) is 0 Å². The Morgan fingerprint density at radius 3 is 1.77 bits per heavy atom. The zero-order valence-electron chi connectivity index (χ0n) is 17.3. The maximum absolute atomic E-state index is 5.43. The summed E-state index contributed by atoms with van der Waals surface area (Å²) in [4.78, 5) is 0. The van der Waals surface area contributed by atoms with Crippen molar-refractivity contribution in [1.29, 1.82) is 0 Å². The first-order chi connectivity index (χ1) is 14.2. The van der Waals surface area contributed by atoms with Gasteiger partial charge in [0.1, 0.15) is 0 Å². The zero-order chi connectivity index (χ0) is 20.5. The molecule has 0 amide bonds. The Labute approximate surface area is 183 Å². The molecular formula is C30H32. The Morgan fingerprint density at radius 1 is 0.867 bits per heavy atom. The van der Waals surface area contributed by atoms with Crippen molar-refractivity contribution in [3.63, 3.8) is 0 Å². The molecule has 0 aliphatic rings. The minimum absolute atomic E-state index is 0. The maximum Gasteiger partial charge on any atom is 0.0306 e. The monoisotopic (exact) mass is 392 g/mol. The molecule has 1 atom stereocenters. The Kier molecular flexibility index (Phi) is 8.45. The number of allylic oxidation sites excluding steroid dienone is 4. The Bertz CT molecular complexity index is 947. The van der Waals surface area contributed by atoms with Crippen LogP contribution in [0.25, 0.3) is 0 Å². The third kappa shape index (κ3) is 4.64. The lowest BCUT2D eigenvalue weighted by Gasteiger charge is -2.43. The maximum atomic E-state index is 5.43. The van der Waals surface area contributed by atoms with E-state index in [1.54, 1.807) is 6.08 Å². The van der Waals surface area contributed by atoms with E-state index >= 15 is 0 Å². The summed E-state index contributed by atoms with van der Waals surface area (Å²) in [6.07, 6.45) is 12.3. The number of terminal acetylenes is 1. The van der Waals surface area contributed by atoms with E-state index in [9.17, 15) is 0 Å². The molecule has 0 aliphatic heterocycles. The number of hydrogen-bond donors (Lipinski definition) is 0. The van der Waals surface area contributed by atoms with Crippen molar-refractivity contribution >= 4 is 0 Å². The quantitative estimate of drug-likeness (QED) is 0.283. The minimum Gasteiger partial charge on any atom is -0.115 e. The highest BCUT2D eigenvalue weighted by Gasteiger charge is 2.42. The molecule has 0 radical (unpaired) electrons. The molecule has 0 aromatic heterocycles. The van der Waals surface area contributed by atoms with E-state index in [1.807, 2.05) is 6.08 Å². The topological polar surface area (TPSA) is 0 Å². The van der Waals surface area contributed by atoms with E-state index in [4.69, 9.17) is 6.42 Å². The highest BCUT2D eigenvalue weighted by molar-refractivity contribution is 5.49. The van der Waals surface area contributed by atoms with Gasteiger partial charge in [0.25, 0.3) is 0 Å². The smallest absolute Gasteiger partial charge is 0.0306 e. The molecule has 0 aliphatic carbocycles. The molecule has 3 aromatic carbocycles. The number of benzene rings is 3. The van der Waals surface area contributed by atoms with Gasteiger partial charge in [-0.05, 0) is 36.1 Å². The Balaban J connectivity index is 0.00000320. The highest BCUT2D eigenvalue weighted by Crippen LogP contribution is 2.50. The van der Waals surface area contributed by atoms with E-state index in [0.29, 0.717) is 0 Å². The van der Waals surface area contributed by atoms with Gasteiger partial charge in [-0.2, -0.15) is 0 Å². The molecule has 3 aromatic rings. The van der Waals surface area contributed by atoms with E-state index in [0.717, 1.165) is 6.42 Å². The van der Waals surface area contributed by atoms with E-state index in [1.165, 1.54) is 22.3 Å². The van der Waals surface area contributed by atoms with Crippen molar-refractivity contribution in [3.05, 3.63) is 131 Å². The third-order valence-electron chi connectivity index (χ3n) is 5.77. The zero-order valence-corrected chi connectivity index (χ0v) is 17.3. The molecule has 0 spiro atoms. The Morgan fingerprint density at radius 2 is 1.33 bits per heavy atom. The summed E-state index contributed by atoms with van der Waals surface area (Å²) in [6, 6.07) is 32.6. The van der Waals surface area contributed by atoms with Crippen LogP contribution < -0.4 is 0 Å². The molecule has 0 nitrogen and oxygen atoms in total. The standard InChI is InChI=1S/C29H28.CH4/c1-4-6-10-17-24(3)28(25-18-11-7-12-19-25)29(5-2,26-20-13-8-14-21-26)27-22-15-9-16-23-27;/h1,6-23,28H,5H2,2-3H3;1H4/b10-6-,24-17+;. The average Bonchev–Trinajstić information content (AvgIpc) is 2.79. The summed E-state index contributed by atoms with van der Waals surface area (Å²) in [5.41, 5.74) is 5.07. The van der Waals surface area contributed by atoms with Crippen LogP contribution in [0.3, 0.4) is 0 Å². The second kappa shape index (κ2) is 11.0. The van der Waals surface area contributed by atoms with Crippen LogP contribution in [0, 0.1) is 12.3 Å². The lowest BCUT2D eigenvalue weighted by Crippen LogP contribution is -2.35. The first-order valence-corrected chi connectivity index (χ1v) is 10.2. The van der Waals surface area contributed by atoms with Crippen molar-refractivity contribution in [2.24, 2.45) is 0 Å². The predicted molar refractivity (Wildman–Crippen MR) is 132 cm³/mol. The van der Waals surface area contributed by atoms with Crippen LogP contribution in [0.4, 0.5) is 0 Å². The third-order valence-corrected chi connectivity index (χ3v) is 5.77. The van der Waals surface area contributed by atoms with Gasteiger partial charge in [-0.1, -0.05) is 129 Å². The molecular weight excluding hydrogens is 360 g/mol. The fraction of sp³-hybridized carbons (Fsp3) is 0.200. The van der Waals surface area contributed by atoms with Gasteiger partial charge in [0.05, 0.1) is 0 Å². The second-order valence-corrected chi connectivity index (χ2v) is 7.34. The lowest BCUT2D eigenvalue weighted by molar-refractivity contribution is 0.431. The molecule has 152 valence electrons. The number of rotatable bonds is 7. The molecule has 0 fully saturated rings. The van der Waals surface area contributed by atoms with E-state index in [2.05, 4.69) is 117 Å². The fourth-order valence-corrected chi connectivity index (χ4v) is 4.52. The highest BCUT2D eigenvalue weighted by atomic mass is 14.4. The van der Waals surface area contributed by atoms with Crippen molar-refractivity contribution < 1.29 is 0 Å². The van der Waals surface area contributed by atoms with Crippen molar-refractivity contribution in [1.82, 2.24) is 0 Å². The van der Waals surface area contributed by atoms with Gasteiger partial charge in [-0.3, -0.25) is 0 Å². The van der Waals surface area contributed by atoms with Gasteiger partial charge in [0.15, 0.2) is 0 Å². The van der Waals surface area contributed by atoms with E-state index in [-0.39, 0.29) is 18.8 Å². The largest absolute Gasteiger partial charge is 0.115 e. The molecule has 0 heterocycles. The molecule has 1 unspecified atom stereocenters. The van der Waals surface area contributed by atoms with Crippen molar-refractivity contribution in [2.45, 2.75) is 39.0 Å². The first-order valence-electron chi connectivity index (χ1n) is 10.2. The first kappa shape index (κ1) is 23.0. The molecule has 0 N–H and O–H groups in total. The predicted octanol–water partition coefficient (Wildman–Crippen LogP) is 7.94. The van der Waals surface area contributed by atoms with Gasteiger partial charge in [0, 0.05) is 11.3 Å². The van der Waals surface area contributed by atoms with Crippen molar-refractivity contribution in [3.8, 4) is 12.3 Å². The minimum atomic E-state index is -0.186. The summed E-state index contributed by atoms with van der Waals surface area (Å²) in [5.74, 6) is 2.77.